The molecule has 0 saturated carbocycles. The van der Waals surface area contributed by atoms with Crippen LogP contribution in [-0.2, 0) is 10.1 Å². The van der Waals surface area contributed by atoms with Crippen LogP contribution in [-0.4, -0.2) is 23.0 Å². The average Bonchev–Trinajstić information content (AvgIpc) is 2.36. The second kappa shape index (κ2) is 4.41. The van der Waals surface area contributed by atoms with Crippen LogP contribution in [0.1, 0.15) is 0 Å². The third-order valence-corrected chi connectivity index (χ3v) is 3.46. The molecule has 102 valence electrons. The molecular formula is C10H5N3O6S. The maximum Gasteiger partial charge on any atom is 0.435 e. The van der Waals surface area contributed by atoms with Gasteiger partial charge in [0.25, 0.3) is 5.69 Å². The molecule has 2 aromatic rings. The van der Waals surface area contributed by atoms with E-state index < -0.39 is 31.4 Å². The zero-order chi connectivity index (χ0) is 15.1. The fraction of sp³-hybridized carbons (Fsp3) is 0. The van der Waals surface area contributed by atoms with Crippen LogP contribution in [0, 0.1) is 15.5 Å². The SMILES string of the molecule is N#[N+]c1c(O)c(S(=O)(=O)[O-])cc2cc([N+](=O)[O-])ccc12. The minimum absolute atomic E-state index is 0.0285. The predicted octanol–water partition coefficient (Wildman–Crippen LogP) is 1.84. The first-order valence-corrected chi connectivity index (χ1v) is 6.41. The summed E-state index contributed by atoms with van der Waals surface area (Å²) >= 11 is 0. The van der Waals surface area contributed by atoms with Gasteiger partial charge in [0.15, 0.2) is 4.98 Å². The van der Waals surface area contributed by atoms with Gasteiger partial charge in [-0.15, -0.1) is 0 Å². The minimum atomic E-state index is -5.03. The van der Waals surface area contributed by atoms with Crippen LogP contribution >= 0.6 is 0 Å². The first kappa shape index (κ1) is 13.7. The summed E-state index contributed by atoms with van der Waals surface area (Å²) in [4.78, 5) is 11.6. The number of hydrogen-bond donors (Lipinski definition) is 1. The van der Waals surface area contributed by atoms with Crippen LogP contribution in [0.5, 0.6) is 5.75 Å². The summed E-state index contributed by atoms with van der Waals surface area (Å²) in [5.74, 6) is -1.01. The number of aromatic hydroxyl groups is 1. The van der Waals surface area contributed by atoms with Crippen LogP contribution in [0.25, 0.3) is 15.7 Å². The Balaban J connectivity index is 2.97. The summed E-state index contributed by atoms with van der Waals surface area (Å²) in [7, 11) is -5.03. The fourth-order valence-electron chi connectivity index (χ4n) is 1.74. The number of diazo groups is 1. The largest absolute Gasteiger partial charge is 0.744 e. The third-order valence-electron chi connectivity index (χ3n) is 2.61. The highest BCUT2D eigenvalue weighted by molar-refractivity contribution is 7.85. The lowest BCUT2D eigenvalue weighted by Crippen LogP contribution is -1.99. The van der Waals surface area contributed by atoms with Gasteiger partial charge in [0, 0.05) is 12.1 Å². The third kappa shape index (κ3) is 2.11. The smallest absolute Gasteiger partial charge is 0.435 e. The van der Waals surface area contributed by atoms with Crippen molar-refractivity contribution in [2.24, 2.45) is 0 Å². The normalized spacial score (nSPS) is 11.2. The molecule has 2 aromatic carbocycles. The van der Waals surface area contributed by atoms with Gasteiger partial charge in [-0.25, -0.2) is 8.42 Å². The number of hydrogen-bond acceptors (Lipinski definition) is 7. The number of benzene rings is 2. The number of nitro groups is 1. The molecule has 9 nitrogen and oxygen atoms in total. The van der Waals surface area contributed by atoms with Crippen molar-refractivity contribution in [3.8, 4) is 5.75 Å². The fourth-order valence-corrected chi connectivity index (χ4v) is 2.35. The maximum absolute atomic E-state index is 11.0. The van der Waals surface area contributed by atoms with E-state index in [1.165, 1.54) is 6.07 Å². The van der Waals surface area contributed by atoms with Gasteiger partial charge in [0.2, 0.25) is 11.1 Å². The highest BCUT2D eigenvalue weighted by Gasteiger charge is 2.26. The maximum atomic E-state index is 11.0. The molecule has 0 aliphatic heterocycles. The van der Waals surface area contributed by atoms with Gasteiger partial charge in [-0.2, -0.15) is 0 Å². The van der Waals surface area contributed by atoms with Crippen molar-refractivity contribution in [2.75, 3.05) is 0 Å². The number of non-ortho nitro benzene ring substituents is 1. The van der Waals surface area contributed by atoms with Gasteiger partial charge in [0.1, 0.15) is 15.0 Å². The van der Waals surface area contributed by atoms with E-state index >= 15 is 0 Å². The van der Waals surface area contributed by atoms with Crippen molar-refractivity contribution in [3.05, 3.63) is 39.4 Å². The lowest BCUT2D eigenvalue weighted by Gasteiger charge is -2.08. The number of phenols is 1. The predicted molar refractivity (Wildman–Crippen MR) is 65.0 cm³/mol. The first-order chi connectivity index (χ1) is 9.25. The number of nitrogens with zero attached hydrogens (tertiary/aromatic N) is 3. The van der Waals surface area contributed by atoms with Gasteiger partial charge in [0.05, 0.1) is 10.3 Å². The van der Waals surface area contributed by atoms with Crippen molar-refractivity contribution in [1.82, 2.24) is 0 Å². The summed E-state index contributed by atoms with van der Waals surface area (Å²) in [5, 5.41) is 29.1. The molecule has 2 rings (SSSR count). The quantitative estimate of drug-likeness (QED) is 0.384. The van der Waals surface area contributed by atoms with Crippen molar-refractivity contribution >= 4 is 32.3 Å². The summed E-state index contributed by atoms with van der Waals surface area (Å²) in [6.07, 6.45) is 0. The van der Waals surface area contributed by atoms with Crippen molar-refractivity contribution in [3.63, 3.8) is 0 Å². The summed E-state index contributed by atoms with van der Waals surface area (Å²) in [5.41, 5.74) is -0.895. The van der Waals surface area contributed by atoms with Gasteiger partial charge in [-0.3, -0.25) is 10.1 Å². The summed E-state index contributed by atoms with van der Waals surface area (Å²) in [6, 6.07) is 4.04. The van der Waals surface area contributed by atoms with Crippen LogP contribution in [0.4, 0.5) is 11.4 Å². The van der Waals surface area contributed by atoms with E-state index in [1.54, 1.807) is 0 Å². The molecule has 0 fully saturated rings. The number of phenolic OH excluding ortho intramolecular Hbond substituents is 1. The Morgan fingerprint density at radius 2 is 1.95 bits per heavy atom. The molecule has 0 bridgehead atoms. The molecule has 0 heterocycles. The zero-order valence-electron chi connectivity index (χ0n) is 9.55. The molecule has 10 heteroatoms. The van der Waals surface area contributed by atoms with Crippen LogP contribution in [0.15, 0.2) is 29.2 Å². The highest BCUT2D eigenvalue weighted by Crippen LogP contribution is 2.41. The van der Waals surface area contributed by atoms with Gasteiger partial charge in [-0.1, -0.05) is 0 Å². The van der Waals surface area contributed by atoms with E-state index in [1.807, 2.05) is 0 Å². The second-order valence-electron chi connectivity index (χ2n) is 3.79. The van der Waals surface area contributed by atoms with Gasteiger partial charge < -0.3 is 9.66 Å². The average molecular weight is 295 g/mol. The molecule has 0 aromatic heterocycles. The lowest BCUT2D eigenvalue weighted by atomic mass is 10.1. The Hall–Kier alpha value is -2.77. The molecule has 0 unspecified atom stereocenters. The van der Waals surface area contributed by atoms with Crippen LogP contribution in [0.2, 0.25) is 0 Å². The summed E-state index contributed by atoms with van der Waals surface area (Å²) < 4.78 is 33.0. The van der Waals surface area contributed by atoms with Crippen LogP contribution < -0.4 is 0 Å². The highest BCUT2D eigenvalue weighted by atomic mass is 32.2. The molecule has 0 aliphatic rings. The van der Waals surface area contributed by atoms with Gasteiger partial charge >= 0.3 is 5.69 Å². The molecule has 1 N–H and O–H groups in total. The van der Waals surface area contributed by atoms with Gasteiger partial charge in [-0.05, 0) is 17.5 Å². The zero-order valence-corrected chi connectivity index (χ0v) is 10.4. The Labute approximate surface area is 111 Å². The number of rotatable bonds is 2. The Kier molecular flexibility index (Phi) is 3.01. The van der Waals surface area contributed by atoms with E-state index in [0.29, 0.717) is 0 Å². The second-order valence-corrected chi connectivity index (χ2v) is 5.14. The topological polar surface area (TPSA) is 149 Å². The van der Waals surface area contributed by atoms with E-state index in [0.717, 1.165) is 18.2 Å². The molecule has 0 radical (unpaired) electrons. The van der Waals surface area contributed by atoms with E-state index in [4.69, 9.17) is 5.39 Å². The van der Waals surface area contributed by atoms with Crippen LogP contribution in [0.3, 0.4) is 0 Å². The Bertz CT molecular complexity index is 884. The standard InChI is InChI=1S/C10H5N3O6S/c11-12-9-7-2-1-6(13(15)16)3-5(7)4-8(10(9)14)20(17,18)19/h1-4H,(H-,14,17,18,19). The summed E-state index contributed by atoms with van der Waals surface area (Å²) in [6.45, 7) is 0. The first-order valence-electron chi connectivity index (χ1n) is 5.01. The van der Waals surface area contributed by atoms with E-state index in [-0.39, 0.29) is 16.5 Å². The Morgan fingerprint density at radius 3 is 2.45 bits per heavy atom. The minimum Gasteiger partial charge on any atom is -0.744 e. The van der Waals surface area contributed by atoms with E-state index in [9.17, 15) is 28.2 Å². The van der Waals surface area contributed by atoms with Crippen molar-refractivity contribution in [1.29, 1.82) is 5.39 Å². The molecule has 20 heavy (non-hydrogen) atoms. The van der Waals surface area contributed by atoms with Crippen molar-refractivity contribution in [2.45, 2.75) is 4.90 Å². The molecule has 0 saturated heterocycles. The lowest BCUT2D eigenvalue weighted by molar-refractivity contribution is -0.384. The monoisotopic (exact) mass is 295 g/mol. The Morgan fingerprint density at radius 1 is 1.30 bits per heavy atom. The van der Waals surface area contributed by atoms with Crippen molar-refractivity contribution < 1.29 is 23.0 Å². The molecule has 0 amide bonds. The van der Waals surface area contributed by atoms with E-state index in [2.05, 4.69) is 4.98 Å². The number of nitro benzene ring substituents is 1. The molecular weight excluding hydrogens is 290 g/mol. The molecule has 0 aliphatic carbocycles. The number of fused-ring (bicyclic) bond motifs is 1. The molecule has 0 spiro atoms. The molecule has 0 atom stereocenters.